The van der Waals surface area contributed by atoms with E-state index in [9.17, 15) is 0 Å². The lowest BCUT2D eigenvalue weighted by Crippen LogP contribution is -2.23. The van der Waals surface area contributed by atoms with E-state index in [1.165, 1.54) is 11.1 Å². The Morgan fingerprint density at radius 1 is 1.15 bits per heavy atom. The molecule has 2 heteroatoms. The van der Waals surface area contributed by atoms with Gasteiger partial charge in [-0.1, -0.05) is 67.9 Å². The van der Waals surface area contributed by atoms with Crippen molar-refractivity contribution in [3.05, 3.63) is 46.5 Å². The monoisotopic (exact) mass is 337 g/mol. The van der Waals surface area contributed by atoms with Gasteiger partial charge in [-0.15, -0.1) is 0 Å². The Kier molecular flexibility index (Phi) is 7.53. The van der Waals surface area contributed by atoms with E-state index in [0.29, 0.717) is 17.8 Å². The Morgan fingerprint density at radius 2 is 1.75 bits per heavy atom. The Morgan fingerprint density at radius 3 is 2.25 bits per heavy atom. The van der Waals surface area contributed by atoms with Gasteiger partial charge in [-0.2, -0.15) is 0 Å². The van der Waals surface area contributed by atoms with E-state index < -0.39 is 0 Å². The van der Waals surface area contributed by atoms with Crippen molar-refractivity contribution in [3.8, 4) is 0 Å². The lowest BCUT2D eigenvalue weighted by Gasteiger charge is -2.23. The van der Waals surface area contributed by atoms with Gasteiger partial charge in [0.05, 0.1) is 0 Å². The Bertz CT molecular complexity index is 406. The predicted molar refractivity (Wildman–Crippen MR) is 93.2 cm³/mol. The molecule has 0 amide bonds. The summed E-state index contributed by atoms with van der Waals surface area (Å²) < 4.78 is 1.13. The summed E-state index contributed by atoms with van der Waals surface area (Å²) in [6, 6.07) is 8.67. The first kappa shape index (κ1) is 17.5. The van der Waals surface area contributed by atoms with Crippen LogP contribution in [0.4, 0.5) is 0 Å². The fraction of sp³-hybridized carbons (Fsp3) is 0.556. The number of nitrogens with one attached hydrogen (secondary N) is 1. The number of halogens is 1. The van der Waals surface area contributed by atoms with Gasteiger partial charge in [0.1, 0.15) is 0 Å². The van der Waals surface area contributed by atoms with E-state index >= 15 is 0 Å². The average Bonchev–Trinajstić information content (AvgIpc) is 2.39. The van der Waals surface area contributed by atoms with Gasteiger partial charge < -0.3 is 5.32 Å². The molecule has 0 bridgehead atoms. The number of allylic oxidation sites excluding steroid dienone is 1. The van der Waals surface area contributed by atoms with Crippen LogP contribution in [0, 0.1) is 11.8 Å². The largest absolute Gasteiger partial charge is 0.316 e. The van der Waals surface area contributed by atoms with Crippen LogP contribution >= 0.6 is 15.9 Å². The van der Waals surface area contributed by atoms with Crippen LogP contribution in [0.2, 0.25) is 0 Å². The molecule has 0 aromatic heterocycles. The van der Waals surface area contributed by atoms with Crippen LogP contribution in [0.5, 0.6) is 0 Å². The van der Waals surface area contributed by atoms with Crippen molar-refractivity contribution in [2.75, 3.05) is 13.1 Å². The van der Waals surface area contributed by atoms with Gasteiger partial charge in [-0.3, -0.25) is 0 Å². The molecule has 1 aromatic carbocycles. The zero-order valence-electron chi connectivity index (χ0n) is 13.2. The van der Waals surface area contributed by atoms with E-state index in [4.69, 9.17) is 0 Å². The smallest absolute Gasteiger partial charge is 0.0175 e. The Balaban J connectivity index is 2.70. The number of rotatable bonds is 8. The summed E-state index contributed by atoms with van der Waals surface area (Å²) in [4.78, 5) is 0. The molecule has 0 aliphatic rings. The van der Waals surface area contributed by atoms with E-state index in [0.717, 1.165) is 24.0 Å². The number of hydrogen-bond donors (Lipinski definition) is 1. The van der Waals surface area contributed by atoms with Crippen LogP contribution in [0.25, 0.3) is 0 Å². The molecule has 0 aliphatic heterocycles. The lowest BCUT2D eigenvalue weighted by molar-refractivity contribution is 0.519. The van der Waals surface area contributed by atoms with Crippen molar-refractivity contribution in [2.45, 2.75) is 40.0 Å². The first-order valence-corrected chi connectivity index (χ1v) is 8.36. The van der Waals surface area contributed by atoms with E-state index in [-0.39, 0.29) is 0 Å². The molecule has 1 nitrogen and oxygen atoms in total. The minimum absolute atomic E-state index is 0.447. The first-order chi connectivity index (χ1) is 9.41. The highest BCUT2D eigenvalue weighted by Gasteiger charge is 2.17. The van der Waals surface area contributed by atoms with Gasteiger partial charge in [0.2, 0.25) is 0 Å². The Labute approximate surface area is 133 Å². The highest BCUT2D eigenvalue weighted by atomic mass is 79.9. The SMILES string of the molecule is C=C(C(C)C)[C@H](CCNCC(C)C)c1ccc(Br)cc1. The first-order valence-electron chi connectivity index (χ1n) is 7.56. The highest BCUT2D eigenvalue weighted by molar-refractivity contribution is 9.10. The minimum Gasteiger partial charge on any atom is -0.316 e. The minimum atomic E-state index is 0.447. The molecule has 112 valence electrons. The van der Waals surface area contributed by atoms with Crippen LogP contribution in [0.3, 0.4) is 0 Å². The summed E-state index contributed by atoms with van der Waals surface area (Å²) in [5, 5.41) is 3.54. The van der Waals surface area contributed by atoms with Gasteiger partial charge in [0, 0.05) is 10.4 Å². The molecule has 0 saturated carbocycles. The zero-order chi connectivity index (χ0) is 15.1. The van der Waals surface area contributed by atoms with Crippen molar-refractivity contribution >= 4 is 15.9 Å². The van der Waals surface area contributed by atoms with Gasteiger partial charge in [0.25, 0.3) is 0 Å². The molecule has 0 radical (unpaired) electrons. The standard InChI is InChI=1S/C18H28BrN/c1-13(2)12-20-11-10-18(15(5)14(3)4)16-6-8-17(19)9-7-16/h6-9,13-14,18,20H,5,10-12H2,1-4H3/t18-/m0/s1. The second kappa shape index (κ2) is 8.63. The molecule has 20 heavy (non-hydrogen) atoms. The molecule has 1 aromatic rings. The number of hydrogen-bond acceptors (Lipinski definition) is 1. The van der Waals surface area contributed by atoms with E-state index in [2.05, 4.69) is 79.8 Å². The maximum atomic E-state index is 4.33. The summed E-state index contributed by atoms with van der Waals surface area (Å²) in [6.45, 7) is 15.4. The summed E-state index contributed by atoms with van der Waals surface area (Å²) in [7, 11) is 0. The quantitative estimate of drug-likeness (QED) is 0.496. The lowest BCUT2D eigenvalue weighted by atomic mass is 9.83. The molecular formula is C18H28BrN. The molecule has 0 saturated heterocycles. The van der Waals surface area contributed by atoms with Crippen LogP contribution in [-0.4, -0.2) is 13.1 Å². The van der Waals surface area contributed by atoms with Gasteiger partial charge in [-0.25, -0.2) is 0 Å². The third kappa shape index (κ3) is 5.80. The van der Waals surface area contributed by atoms with Crippen molar-refractivity contribution in [2.24, 2.45) is 11.8 Å². The second-order valence-corrected chi connectivity index (χ2v) is 7.14. The molecule has 1 atom stereocenters. The van der Waals surface area contributed by atoms with Gasteiger partial charge >= 0.3 is 0 Å². The van der Waals surface area contributed by atoms with Gasteiger partial charge in [-0.05, 0) is 49.0 Å². The van der Waals surface area contributed by atoms with Crippen molar-refractivity contribution in [3.63, 3.8) is 0 Å². The summed E-state index contributed by atoms with van der Waals surface area (Å²) in [5.74, 6) is 1.67. The summed E-state index contributed by atoms with van der Waals surface area (Å²) in [6.07, 6.45) is 1.12. The maximum absolute atomic E-state index is 4.33. The Hall–Kier alpha value is -0.600. The van der Waals surface area contributed by atoms with Crippen LogP contribution < -0.4 is 5.32 Å². The fourth-order valence-corrected chi connectivity index (χ4v) is 2.57. The third-order valence-electron chi connectivity index (χ3n) is 3.62. The molecular weight excluding hydrogens is 310 g/mol. The van der Waals surface area contributed by atoms with Crippen molar-refractivity contribution < 1.29 is 0 Å². The molecule has 0 heterocycles. The number of benzene rings is 1. The van der Waals surface area contributed by atoms with E-state index in [1.54, 1.807) is 0 Å². The highest BCUT2D eigenvalue weighted by Crippen LogP contribution is 2.31. The normalized spacial score (nSPS) is 12.9. The topological polar surface area (TPSA) is 12.0 Å². The van der Waals surface area contributed by atoms with Crippen molar-refractivity contribution in [1.82, 2.24) is 5.32 Å². The van der Waals surface area contributed by atoms with Gasteiger partial charge in [0.15, 0.2) is 0 Å². The van der Waals surface area contributed by atoms with E-state index in [1.807, 2.05) is 0 Å². The second-order valence-electron chi connectivity index (χ2n) is 6.22. The van der Waals surface area contributed by atoms with Crippen LogP contribution in [0.1, 0.15) is 45.6 Å². The molecule has 0 spiro atoms. The molecule has 0 unspecified atom stereocenters. The summed E-state index contributed by atoms with van der Waals surface area (Å²) >= 11 is 3.51. The van der Waals surface area contributed by atoms with Crippen LogP contribution in [-0.2, 0) is 0 Å². The molecule has 0 aliphatic carbocycles. The predicted octanol–water partition coefficient (Wildman–Crippen LogP) is 5.38. The maximum Gasteiger partial charge on any atom is 0.0175 e. The molecule has 0 fully saturated rings. The average molecular weight is 338 g/mol. The third-order valence-corrected chi connectivity index (χ3v) is 4.15. The fourth-order valence-electron chi connectivity index (χ4n) is 2.30. The zero-order valence-corrected chi connectivity index (χ0v) is 14.8. The molecule has 1 N–H and O–H groups in total. The molecule has 1 rings (SSSR count). The summed E-state index contributed by atoms with van der Waals surface area (Å²) in [5.41, 5.74) is 2.71. The van der Waals surface area contributed by atoms with Crippen LogP contribution in [0.15, 0.2) is 40.9 Å². The van der Waals surface area contributed by atoms with Crippen molar-refractivity contribution in [1.29, 1.82) is 0 Å².